The van der Waals surface area contributed by atoms with Gasteiger partial charge in [-0.1, -0.05) is 6.07 Å². The number of amides is 1. The van der Waals surface area contributed by atoms with E-state index in [0.29, 0.717) is 29.7 Å². The van der Waals surface area contributed by atoms with E-state index in [-0.39, 0.29) is 18.1 Å². The van der Waals surface area contributed by atoms with Gasteiger partial charge in [0.15, 0.2) is 11.5 Å². The molecule has 1 N–H and O–H groups in total. The van der Waals surface area contributed by atoms with E-state index < -0.39 is 0 Å². The molecule has 1 heterocycles. The number of carbonyl (C=O) groups excluding carboxylic acids is 1. The molecule has 1 aromatic heterocycles. The van der Waals surface area contributed by atoms with Crippen LogP contribution in [-0.2, 0) is 11.2 Å². The van der Waals surface area contributed by atoms with Crippen LogP contribution in [-0.4, -0.2) is 49.4 Å². The molecule has 8 heteroatoms. The van der Waals surface area contributed by atoms with Gasteiger partial charge in [-0.15, -0.1) is 0 Å². The first-order valence-electron chi connectivity index (χ1n) is 9.64. The lowest BCUT2D eigenvalue weighted by Crippen LogP contribution is -2.40. The lowest BCUT2D eigenvalue weighted by molar-refractivity contribution is -0.121. The first-order chi connectivity index (χ1) is 14.1. The number of ether oxygens (including phenoxy) is 4. The number of hydrogen-bond acceptors (Lipinski definition) is 7. The summed E-state index contributed by atoms with van der Waals surface area (Å²) in [5, 5.41) is 3.12. The zero-order valence-electron chi connectivity index (χ0n) is 17.0. The Balaban J connectivity index is 1.46. The van der Waals surface area contributed by atoms with Gasteiger partial charge in [-0.05, 0) is 43.4 Å². The number of rotatable bonds is 8. The maximum absolute atomic E-state index is 12.4. The molecule has 1 aliphatic carbocycles. The standard InChI is InChI=1S/C21H27N3O5/c1-26-17-9-4-14(10-18(17)27-2)11-19(25)23-15-5-7-16(8-6-15)29-21-13-22-12-20(24-21)28-3/h4,9-10,12-13,15-16H,5-8,11H2,1-3H3,(H,23,25). The van der Waals surface area contributed by atoms with Crippen molar-refractivity contribution >= 4 is 5.91 Å². The third kappa shape index (κ3) is 5.73. The molecule has 0 bridgehead atoms. The van der Waals surface area contributed by atoms with Crippen LogP contribution in [0.1, 0.15) is 31.2 Å². The average molecular weight is 401 g/mol. The summed E-state index contributed by atoms with van der Waals surface area (Å²) in [4.78, 5) is 20.7. The van der Waals surface area contributed by atoms with Crippen molar-refractivity contribution in [2.45, 2.75) is 44.2 Å². The van der Waals surface area contributed by atoms with E-state index in [9.17, 15) is 4.79 Å². The van der Waals surface area contributed by atoms with Crippen LogP contribution in [0.5, 0.6) is 23.3 Å². The van der Waals surface area contributed by atoms with Crippen molar-refractivity contribution in [1.29, 1.82) is 0 Å². The monoisotopic (exact) mass is 401 g/mol. The van der Waals surface area contributed by atoms with Gasteiger partial charge in [0.05, 0.1) is 40.1 Å². The summed E-state index contributed by atoms with van der Waals surface area (Å²) in [5.41, 5.74) is 0.883. The summed E-state index contributed by atoms with van der Waals surface area (Å²) in [6.07, 6.45) is 6.91. The molecule has 1 fully saturated rings. The zero-order chi connectivity index (χ0) is 20.6. The normalized spacial score (nSPS) is 18.6. The fourth-order valence-corrected chi connectivity index (χ4v) is 3.44. The Morgan fingerprint density at radius 3 is 2.41 bits per heavy atom. The van der Waals surface area contributed by atoms with Crippen LogP contribution < -0.4 is 24.3 Å². The Hall–Kier alpha value is -3.03. The van der Waals surface area contributed by atoms with Gasteiger partial charge in [0.25, 0.3) is 0 Å². The van der Waals surface area contributed by atoms with Gasteiger partial charge in [-0.3, -0.25) is 9.78 Å². The Morgan fingerprint density at radius 2 is 1.72 bits per heavy atom. The molecule has 0 spiro atoms. The molecule has 1 aliphatic rings. The van der Waals surface area contributed by atoms with Crippen LogP contribution in [0.3, 0.4) is 0 Å². The van der Waals surface area contributed by atoms with Crippen molar-refractivity contribution in [3.63, 3.8) is 0 Å². The van der Waals surface area contributed by atoms with E-state index in [2.05, 4.69) is 15.3 Å². The van der Waals surface area contributed by atoms with Crippen LogP contribution in [0, 0.1) is 0 Å². The maximum Gasteiger partial charge on any atom is 0.235 e. The van der Waals surface area contributed by atoms with Crippen LogP contribution in [0.2, 0.25) is 0 Å². The second kappa shape index (κ2) is 9.95. The first-order valence-corrected chi connectivity index (χ1v) is 9.64. The molecular weight excluding hydrogens is 374 g/mol. The Bertz CT molecular complexity index is 822. The van der Waals surface area contributed by atoms with Gasteiger partial charge >= 0.3 is 0 Å². The van der Waals surface area contributed by atoms with E-state index in [1.54, 1.807) is 27.5 Å². The summed E-state index contributed by atoms with van der Waals surface area (Å²) in [7, 11) is 4.72. The molecular formula is C21H27N3O5. The summed E-state index contributed by atoms with van der Waals surface area (Å²) in [5.74, 6) is 2.16. The van der Waals surface area contributed by atoms with Gasteiger partial charge in [0, 0.05) is 6.04 Å². The van der Waals surface area contributed by atoms with Crippen LogP contribution in [0.15, 0.2) is 30.6 Å². The first kappa shape index (κ1) is 20.7. The molecule has 1 saturated carbocycles. The molecule has 156 valence electrons. The third-order valence-corrected chi connectivity index (χ3v) is 4.94. The van der Waals surface area contributed by atoms with Crippen molar-refractivity contribution in [3.8, 4) is 23.3 Å². The number of benzene rings is 1. The van der Waals surface area contributed by atoms with Crippen molar-refractivity contribution in [1.82, 2.24) is 15.3 Å². The van der Waals surface area contributed by atoms with E-state index >= 15 is 0 Å². The van der Waals surface area contributed by atoms with Crippen molar-refractivity contribution in [2.24, 2.45) is 0 Å². The second-order valence-electron chi connectivity index (χ2n) is 6.92. The minimum Gasteiger partial charge on any atom is -0.493 e. The highest BCUT2D eigenvalue weighted by atomic mass is 16.5. The minimum absolute atomic E-state index is 0.000232. The smallest absolute Gasteiger partial charge is 0.235 e. The molecule has 1 aromatic carbocycles. The van der Waals surface area contributed by atoms with Gasteiger partial charge in [-0.2, -0.15) is 4.98 Å². The van der Waals surface area contributed by atoms with Crippen LogP contribution in [0.25, 0.3) is 0 Å². The van der Waals surface area contributed by atoms with E-state index in [4.69, 9.17) is 18.9 Å². The Kier molecular flexibility index (Phi) is 7.10. The molecule has 29 heavy (non-hydrogen) atoms. The highest BCUT2D eigenvalue weighted by Crippen LogP contribution is 2.28. The highest BCUT2D eigenvalue weighted by Gasteiger charge is 2.24. The lowest BCUT2D eigenvalue weighted by atomic mass is 9.92. The SMILES string of the molecule is COc1cncc(OC2CCC(NC(=O)Cc3ccc(OC)c(OC)c3)CC2)n1. The predicted octanol–water partition coefficient (Wildman–Crippen LogP) is 2.55. The Morgan fingerprint density at radius 1 is 1.00 bits per heavy atom. The number of nitrogens with one attached hydrogen (secondary N) is 1. The van der Waals surface area contributed by atoms with Gasteiger partial charge in [0.1, 0.15) is 6.10 Å². The molecule has 0 radical (unpaired) electrons. The number of methoxy groups -OCH3 is 3. The maximum atomic E-state index is 12.4. The number of carbonyl (C=O) groups is 1. The predicted molar refractivity (Wildman–Crippen MR) is 107 cm³/mol. The molecule has 0 aliphatic heterocycles. The quantitative estimate of drug-likeness (QED) is 0.727. The van der Waals surface area contributed by atoms with Crippen molar-refractivity contribution < 1.29 is 23.7 Å². The van der Waals surface area contributed by atoms with Crippen molar-refractivity contribution in [3.05, 3.63) is 36.2 Å². The van der Waals surface area contributed by atoms with E-state index in [0.717, 1.165) is 31.2 Å². The fourth-order valence-electron chi connectivity index (χ4n) is 3.44. The molecule has 3 rings (SSSR count). The summed E-state index contributed by atoms with van der Waals surface area (Å²) in [6, 6.07) is 5.67. The van der Waals surface area contributed by atoms with E-state index in [1.165, 1.54) is 6.20 Å². The minimum atomic E-state index is 0.000232. The lowest BCUT2D eigenvalue weighted by Gasteiger charge is -2.29. The molecule has 8 nitrogen and oxygen atoms in total. The van der Waals surface area contributed by atoms with E-state index in [1.807, 2.05) is 18.2 Å². The average Bonchev–Trinajstić information content (AvgIpc) is 2.75. The zero-order valence-corrected chi connectivity index (χ0v) is 17.0. The number of nitrogens with zero attached hydrogens (tertiary/aromatic N) is 2. The molecule has 2 aromatic rings. The summed E-state index contributed by atoms with van der Waals surface area (Å²) in [6.45, 7) is 0. The van der Waals surface area contributed by atoms with Gasteiger partial charge in [-0.25, -0.2) is 0 Å². The molecule has 1 amide bonds. The molecule has 0 saturated heterocycles. The van der Waals surface area contributed by atoms with Crippen molar-refractivity contribution in [2.75, 3.05) is 21.3 Å². The number of aromatic nitrogens is 2. The Labute approximate surface area is 170 Å². The van der Waals surface area contributed by atoms with Gasteiger partial charge < -0.3 is 24.3 Å². The second-order valence-corrected chi connectivity index (χ2v) is 6.92. The van der Waals surface area contributed by atoms with Gasteiger partial charge in [0.2, 0.25) is 17.7 Å². The molecule has 0 unspecified atom stereocenters. The molecule has 0 atom stereocenters. The summed E-state index contributed by atoms with van der Waals surface area (Å²) >= 11 is 0. The van der Waals surface area contributed by atoms with Crippen LogP contribution in [0.4, 0.5) is 0 Å². The summed E-state index contributed by atoms with van der Waals surface area (Å²) < 4.78 is 21.5. The highest BCUT2D eigenvalue weighted by molar-refractivity contribution is 5.79. The van der Waals surface area contributed by atoms with Crippen LogP contribution >= 0.6 is 0 Å². The fraction of sp³-hybridized carbons (Fsp3) is 0.476. The number of hydrogen-bond donors (Lipinski definition) is 1. The largest absolute Gasteiger partial charge is 0.493 e. The third-order valence-electron chi connectivity index (χ3n) is 4.94. The topological polar surface area (TPSA) is 91.8 Å².